The number of ether oxygens (including phenoxy) is 3. The highest BCUT2D eigenvalue weighted by Gasteiger charge is 2.42. The summed E-state index contributed by atoms with van der Waals surface area (Å²) in [6, 6.07) is 15.1. The molecule has 0 amide bonds. The van der Waals surface area contributed by atoms with E-state index in [1.165, 1.54) is 0 Å². The Hall–Kier alpha value is -3.08. The van der Waals surface area contributed by atoms with Crippen molar-refractivity contribution in [2.75, 3.05) is 7.11 Å². The molecule has 0 radical (unpaired) electrons. The summed E-state index contributed by atoms with van der Waals surface area (Å²) in [7, 11) is 1.60. The first kappa shape index (κ1) is 17.3. The molecule has 1 saturated heterocycles. The van der Waals surface area contributed by atoms with E-state index in [1.54, 1.807) is 21.0 Å². The zero-order valence-corrected chi connectivity index (χ0v) is 15.4. The van der Waals surface area contributed by atoms with Crippen LogP contribution in [-0.2, 0) is 14.3 Å². The highest BCUT2D eigenvalue weighted by atomic mass is 16.6. The molecule has 1 aliphatic heterocycles. The van der Waals surface area contributed by atoms with Gasteiger partial charge in [0.25, 0.3) is 0 Å². The fourth-order valence-electron chi connectivity index (χ4n) is 3.65. The van der Waals surface area contributed by atoms with E-state index in [2.05, 4.69) is 0 Å². The van der Waals surface area contributed by atoms with Gasteiger partial charge < -0.3 is 14.2 Å². The molecule has 4 rings (SSSR count). The molecule has 27 heavy (non-hydrogen) atoms. The van der Waals surface area contributed by atoms with Crippen LogP contribution in [0.25, 0.3) is 21.5 Å². The van der Waals surface area contributed by atoms with Crippen molar-refractivity contribution in [1.82, 2.24) is 0 Å². The molecule has 3 aromatic carbocycles. The number of hydrogen-bond donors (Lipinski definition) is 0. The number of benzene rings is 3. The summed E-state index contributed by atoms with van der Waals surface area (Å²) in [4.78, 5) is 25.2. The molecule has 138 valence electrons. The second-order valence-corrected chi connectivity index (χ2v) is 7.31. The third kappa shape index (κ3) is 2.99. The number of carbonyl (C=O) groups is 2. The van der Waals surface area contributed by atoms with E-state index in [0.717, 1.165) is 21.5 Å². The van der Waals surface area contributed by atoms with E-state index in [1.807, 2.05) is 48.5 Å². The fourth-order valence-corrected chi connectivity index (χ4v) is 3.65. The van der Waals surface area contributed by atoms with Crippen molar-refractivity contribution in [3.63, 3.8) is 0 Å². The molecule has 0 bridgehead atoms. The van der Waals surface area contributed by atoms with Crippen molar-refractivity contribution in [3.8, 4) is 5.75 Å². The van der Waals surface area contributed by atoms with Gasteiger partial charge in [-0.2, -0.15) is 0 Å². The van der Waals surface area contributed by atoms with Crippen LogP contribution in [0.3, 0.4) is 0 Å². The Morgan fingerprint density at radius 2 is 1.81 bits per heavy atom. The normalized spacial score (nSPS) is 18.5. The van der Waals surface area contributed by atoms with Crippen molar-refractivity contribution in [1.29, 1.82) is 0 Å². The highest BCUT2D eigenvalue weighted by Crippen LogP contribution is 2.35. The lowest BCUT2D eigenvalue weighted by molar-refractivity contribution is -0.151. The molecule has 1 aliphatic rings. The fraction of sp³-hybridized carbons (Fsp3) is 0.273. The number of rotatable bonds is 3. The van der Waals surface area contributed by atoms with Crippen LogP contribution in [0.4, 0.5) is 0 Å². The monoisotopic (exact) mass is 364 g/mol. The average Bonchev–Trinajstić information content (AvgIpc) is 2.90. The molecule has 0 aliphatic carbocycles. The van der Waals surface area contributed by atoms with Crippen LogP contribution in [0, 0.1) is 0 Å². The quantitative estimate of drug-likeness (QED) is 0.513. The lowest BCUT2D eigenvalue weighted by Crippen LogP contribution is -2.23. The van der Waals surface area contributed by atoms with Gasteiger partial charge in [-0.15, -0.1) is 0 Å². The molecule has 0 aromatic heterocycles. The average molecular weight is 364 g/mol. The number of cyclic esters (lactones) is 1. The van der Waals surface area contributed by atoms with Gasteiger partial charge in [0.15, 0.2) is 0 Å². The van der Waals surface area contributed by atoms with Gasteiger partial charge in [-0.3, -0.25) is 0 Å². The van der Waals surface area contributed by atoms with Gasteiger partial charge in [0.2, 0.25) is 6.10 Å². The van der Waals surface area contributed by atoms with E-state index >= 15 is 0 Å². The predicted octanol–water partition coefficient (Wildman–Crippen LogP) is 4.25. The number of fused-ring (bicyclic) bond motifs is 2. The molecule has 0 N–H and O–H groups in total. The molecule has 5 nitrogen and oxygen atoms in total. The maximum absolute atomic E-state index is 13.1. The van der Waals surface area contributed by atoms with Crippen LogP contribution in [0.2, 0.25) is 0 Å². The zero-order valence-electron chi connectivity index (χ0n) is 15.4. The molecule has 3 aromatic rings. The molecule has 1 fully saturated rings. The molecular formula is C22H20O5. The maximum atomic E-state index is 13.1. The molecule has 5 heteroatoms. The molecule has 1 unspecified atom stereocenters. The Bertz CT molecular complexity index is 1070. The number of methoxy groups -OCH3 is 1. The van der Waals surface area contributed by atoms with E-state index < -0.39 is 23.6 Å². The third-order valence-corrected chi connectivity index (χ3v) is 4.86. The minimum atomic E-state index is -0.896. The van der Waals surface area contributed by atoms with E-state index in [4.69, 9.17) is 14.2 Å². The summed E-state index contributed by atoms with van der Waals surface area (Å²) in [5.74, 6) is -0.367. The van der Waals surface area contributed by atoms with Crippen LogP contribution >= 0.6 is 0 Å². The molecule has 0 spiro atoms. The van der Waals surface area contributed by atoms with Crippen LogP contribution < -0.4 is 4.74 Å². The molecule has 1 atom stereocenters. The Labute approximate surface area is 156 Å². The minimum Gasteiger partial charge on any atom is -0.496 e. The van der Waals surface area contributed by atoms with Gasteiger partial charge in [0, 0.05) is 17.2 Å². The first-order valence-electron chi connectivity index (χ1n) is 8.82. The van der Waals surface area contributed by atoms with Gasteiger partial charge in [0.05, 0.1) is 12.7 Å². The summed E-state index contributed by atoms with van der Waals surface area (Å²) >= 11 is 0. The van der Waals surface area contributed by atoms with Crippen molar-refractivity contribution >= 4 is 33.5 Å². The Balaban J connectivity index is 1.86. The van der Waals surface area contributed by atoms with Gasteiger partial charge in [-0.1, -0.05) is 36.4 Å². The first-order chi connectivity index (χ1) is 12.9. The topological polar surface area (TPSA) is 61.8 Å². The van der Waals surface area contributed by atoms with E-state index in [9.17, 15) is 9.59 Å². The SMILES string of the molecule is COc1cccc2c(C(=O)OC3CC(C)(C)OC3=O)c3ccccc3cc12. The smallest absolute Gasteiger partial charge is 0.348 e. The Morgan fingerprint density at radius 1 is 1.07 bits per heavy atom. The summed E-state index contributed by atoms with van der Waals surface area (Å²) in [5.41, 5.74) is -0.203. The number of carbonyl (C=O) groups excluding carboxylic acids is 2. The second-order valence-electron chi connectivity index (χ2n) is 7.31. The molecular weight excluding hydrogens is 344 g/mol. The molecule has 0 saturated carbocycles. The summed E-state index contributed by atoms with van der Waals surface area (Å²) in [6.45, 7) is 3.60. The van der Waals surface area contributed by atoms with Crippen LogP contribution in [-0.4, -0.2) is 30.8 Å². The number of hydrogen-bond acceptors (Lipinski definition) is 5. The standard InChI is InChI=1S/C22H20O5/c1-22(2)12-18(20(23)27-22)26-21(24)19-14-8-5-4-7-13(14)11-16-15(19)9-6-10-17(16)25-3/h4-11,18H,12H2,1-3H3. The van der Waals surface area contributed by atoms with Gasteiger partial charge in [-0.05, 0) is 36.8 Å². The zero-order chi connectivity index (χ0) is 19.2. The van der Waals surface area contributed by atoms with Crippen molar-refractivity contribution in [2.24, 2.45) is 0 Å². The summed E-state index contributed by atoms with van der Waals surface area (Å²) in [5, 5.41) is 3.22. The third-order valence-electron chi connectivity index (χ3n) is 4.86. The predicted molar refractivity (Wildman–Crippen MR) is 102 cm³/mol. The number of esters is 2. The van der Waals surface area contributed by atoms with Crippen molar-refractivity contribution < 1.29 is 23.8 Å². The van der Waals surface area contributed by atoms with Crippen LogP contribution in [0.1, 0.15) is 30.6 Å². The van der Waals surface area contributed by atoms with Gasteiger partial charge in [0.1, 0.15) is 11.4 Å². The summed E-state index contributed by atoms with van der Waals surface area (Å²) in [6.07, 6.45) is -0.559. The van der Waals surface area contributed by atoms with Crippen molar-refractivity contribution in [3.05, 3.63) is 54.1 Å². The van der Waals surface area contributed by atoms with Crippen LogP contribution in [0.15, 0.2) is 48.5 Å². The van der Waals surface area contributed by atoms with Gasteiger partial charge in [-0.25, -0.2) is 9.59 Å². The first-order valence-corrected chi connectivity index (χ1v) is 8.82. The summed E-state index contributed by atoms with van der Waals surface area (Å²) < 4.78 is 16.3. The highest BCUT2D eigenvalue weighted by molar-refractivity contribution is 6.17. The maximum Gasteiger partial charge on any atom is 0.348 e. The van der Waals surface area contributed by atoms with E-state index in [-0.39, 0.29) is 0 Å². The lowest BCUT2D eigenvalue weighted by Gasteiger charge is -2.15. The Morgan fingerprint density at radius 3 is 2.52 bits per heavy atom. The van der Waals surface area contributed by atoms with E-state index in [0.29, 0.717) is 17.7 Å². The Kier molecular flexibility index (Phi) is 4.02. The minimum absolute atomic E-state index is 0.337. The van der Waals surface area contributed by atoms with Crippen molar-refractivity contribution in [2.45, 2.75) is 32.0 Å². The molecule has 1 heterocycles. The van der Waals surface area contributed by atoms with Gasteiger partial charge >= 0.3 is 11.9 Å². The largest absolute Gasteiger partial charge is 0.496 e. The second kappa shape index (κ2) is 6.27. The lowest BCUT2D eigenvalue weighted by atomic mass is 9.96. The van der Waals surface area contributed by atoms with Crippen LogP contribution in [0.5, 0.6) is 5.75 Å².